The van der Waals surface area contributed by atoms with Crippen molar-refractivity contribution in [1.82, 2.24) is 9.13 Å². The summed E-state index contributed by atoms with van der Waals surface area (Å²) in [6.45, 7) is 15.9. The summed E-state index contributed by atoms with van der Waals surface area (Å²) >= 11 is 0. The molecule has 0 aliphatic heterocycles. The number of alkyl halides is 12. The number of aryl methyl sites for hydroxylation is 5. The first-order valence-electron chi connectivity index (χ1n) is 29.1. The Hall–Kier alpha value is -10.8. The SMILES string of the molecule is [C-]#[N+]c1ccc(-c2ccc(-n3c4ccc(-c5ccc(C(F)(F)F)cc5C)cc4c4cc(-c5ccc(C)cc5C(F)(F)F)ccc43)c(-c3ccc(C#N)cc3-n3c4ccc(-c5ccc(C(F)(F)F)cc5C)cc4c4cc(-c5ccc(C)cc5C(F)(F)F)ccc43)c2)c(C)c1. The van der Waals surface area contributed by atoms with E-state index in [2.05, 4.69) is 10.9 Å². The zero-order valence-electron chi connectivity index (χ0n) is 49.9. The van der Waals surface area contributed by atoms with Crippen LogP contribution in [0.4, 0.5) is 58.4 Å². The van der Waals surface area contributed by atoms with E-state index in [0.717, 1.165) is 47.5 Å². The van der Waals surface area contributed by atoms with E-state index in [1.165, 1.54) is 24.3 Å². The van der Waals surface area contributed by atoms with E-state index in [-0.39, 0.29) is 27.8 Å². The number of rotatable bonds is 8. The van der Waals surface area contributed by atoms with Crippen molar-refractivity contribution in [3.8, 4) is 84.2 Å². The minimum Gasteiger partial charge on any atom is -0.309 e. The smallest absolute Gasteiger partial charge is 0.309 e. The van der Waals surface area contributed by atoms with Crippen molar-refractivity contribution in [1.29, 1.82) is 5.26 Å². The first-order valence-corrected chi connectivity index (χ1v) is 29.1. The highest BCUT2D eigenvalue weighted by Crippen LogP contribution is 2.48. The van der Waals surface area contributed by atoms with E-state index in [0.29, 0.717) is 122 Å². The molecule has 0 saturated heterocycles. The summed E-state index contributed by atoms with van der Waals surface area (Å²) in [5.41, 5.74) is 7.02. The monoisotopic (exact) mass is 1260 g/mol. The third-order valence-electron chi connectivity index (χ3n) is 17.4. The second-order valence-corrected chi connectivity index (χ2v) is 23.4. The lowest BCUT2D eigenvalue weighted by Gasteiger charge is -2.21. The van der Waals surface area contributed by atoms with Crippen molar-refractivity contribution in [3.63, 3.8) is 0 Å². The van der Waals surface area contributed by atoms with Gasteiger partial charge in [-0.25, -0.2) is 4.85 Å². The van der Waals surface area contributed by atoms with E-state index in [1.807, 2.05) is 40.3 Å². The minimum absolute atomic E-state index is 0.0860. The minimum atomic E-state index is -4.75. The number of nitrogens with zero attached hydrogens (tertiary/aromatic N) is 4. The summed E-state index contributed by atoms with van der Waals surface area (Å²) in [5.74, 6) is 0. The van der Waals surface area contributed by atoms with Crippen molar-refractivity contribution >= 4 is 49.3 Å². The van der Waals surface area contributed by atoms with Crippen LogP contribution in [-0.2, 0) is 24.7 Å². The van der Waals surface area contributed by atoms with Crippen LogP contribution in [0.5, 0.6) is 0 Å². The molecular weight excluding hydrogens is 1210 g/mol. The lowest BCUT2D eigenvalue weighted by Crippen LogP contribution is -2.07. The molecule has 0 saturated carbocycles. The third kappa shape index (κ3) is 10.9. The van der Waals surface area contributed by atoms with Gasteiger partial charge in [0, 0.05) is 32.7 Å². The molecule has 13 aromatic rings. The Kier molecular flexibility index (Phi) is 14.6. The maximum atomic E-state index is 15.0. The summed E-state index contributed by atoms with van der Waals surface area (Å²) in [5, 5.41) is 12.8. The van der Waals surface area contributed by atoms with Gasteiger partial charge in [0.25, 0.3) is 0 Å². The molecule has 0 unspecified atom stereocenters. The van der Waals surface area contributed by atoms with Crippen LogP contribution in [0.1, 0.15) is 55.6 Å². The topological polar surface area (TPSA) is 38.0 Å². The summed E-state index contributed by atoms with van der Waals surface area (Å²) in [6.07, 6.45) is -18.7. The number of nitriles is 1. The normalized spacial score (nSPS) is 12.3. The van der Waals surface area contributed by atoms with Gasteiger partial charge in [-0.15, -0.1) is 0 Å². The predicted molar refractivity (Wildman–Crippen MR) is 342 cm³/mol. The molecule has 0 radical (unpaired) electrons. The van der Waals surface area contributed by atoms with Crippen LogP contribution in [-0.4, -0.2) is 9.13 Å². The average molecular weight is 1260 g/mol. The molecule has 460 valence electrons. The Balaban J connectivity index is 1.12. The fourth-order valence-electron chi connectivity index (χ4n) is 13.0. The summed E-state index contributed by atoms with van der Waals surface area (Å²) in [7, 11) is 0. The molecule has 13 rings (SSSR count). The number of benzene rings is 11. The van der Waals surface area contributed by atoms with Crippen LogP contribution in [0.15, 0.2) is 200 Å². The Bertz CT molecular complexity index is 5370. The van der Waals surface area contributed by atoms with Crippen LogP contribution in [0, 0.1) is 52.5 Å². The van der Waals surface area contributed by atoms with Crippen molar-refractivity contribution < 1.29 is 52.7 Å². The number of hydrogen-bond donors (Lipinski definition) is 0. The molecule has 2 heterocycles. The predicted octanol–water partition coefficient (Wildman–Crippen LogP) is 23.9. The Morgan fingerprint density at radius 2 is 0.699 bits per heavy atom. The van der Waals surface area contributed by atoms with Gasteiger partial charge < -0.3 is 9.13 Å². The van der Waals surface area contributed by atoms with Crippen LogP contribution >= 0.6 is 0 Å². The van der Waals surface area contributed by atoms with Gasteiger partial charge in [0.15, 0.2) is 5.69 Å². The van der Waals surface area contributed by atoms with Gasteiger partial charge in [0.05, 0.1) is 73.9 Å². The van der Waals surface area contributed by atoms with Gasteiger partial charge in [-0.1, -0.05) is 108 Å². The fraction of sp³-hybridized carbons (Fsp3) is 0.117. The highest BCUT2D eigenvalue weighted by atomic mass is 19.4. The lowest BCUT2D eigenvalue weighted by atomic mass is 9.93. The zero-order chi connectivity index (χ0) is 66.0. The molecule has 0 spiro atoms. The van der Waals surface area contributed by atoms with E-state index >= 15 is 0 Å². The highest BCUT2D eigenvalue weighted by molar-refractivity contribution is 6.14. The molecular formula is C77H48F12N4. The van der Waals surface area contributed by atoms with Gasteiger partial charge >= 0.3 is 24.7 Å². The molecule has 11 aromatic carbocycles. The lowest BCUT2D eigenvalue weighted by molar-refractivity contribution is -0.138. The van der Waals surface area contributed by atoms with Crippen LogP contribution in [0.2, 0.25) is 0 Å². The van der Waals surface area contributed by atoms with Gasteiger partial charge in [-0.3, -0.25) is 0 Å². The maximum Gasteiger partial charge on any atom is 0.417 e. The highest BCUT2D eigenvalue weighted by Gasteiger charge is 2.37. The maximum absolute atomic E-state index is 15.0. The molecule has 0 atom stereocenters. The van der Waals surface area contributed by atoms with E-state index < -0.39 is 47.0 Å². The van der Waals surface area contributed by atoms with Crippen molar-refractivity contribution in [2.75, 3.05) is 0 Å². The number of halogens is 12. The quantitative estimate of drug-likeness (QED) is 0.110. The molecule has 0 aliphatic carbocycles. The number of fused-ring (bicyclic) bond motifs is 6. The van der Waals surface area contributed by atoms with Crippen molar-refractivity contribution in [3.05, 3.63) is 267 Å². The van der Waals surface area contributed by atoms with Gasteiger partial charge in [-0.05, 0) is 211 Å². The Morgan fingerprint density at radius 3 is 1.09 bits per heavy atom. The van der Waals surface area contributed by atoms with E-state index in [1.54, 1.807) is 143 Å². The first-order chi connectivity index (χ1) is 44.1. The van der Waals surface area contributed by atoms with Gasteiger partial charge in [0.2, 0.25) is 0 Å². The third-order valence-corrected chi connectivity index (χ3v) is 17.4. The second kappa shape index (κ2) is 22.2. The zero-order valence-corrected chi connectivity index (χ0v) is 49.9. The molecule has 0 amide bonds. The fourth-order valence-corrected chi connectivity index (χ4v) is 13.0. The van der Waals surface area contributed by atoms with E-state index in [9.17, 15) is 57.9 Å². The summed E-state index contributed by atoms with van der Waals surface area (Å²) in [6, 6.07) is 53.9. The second-order valence-electron chi connectivity index (χ2n) is 23.4. The molecule has 0 aliphatic rings. The number of hydrogen-bond acceptors (Lipinski definition) is 1. The van der Waals surface area contributed by atoms with E-state index in [4.69, 9.17) is 6.57 Å². The average Bonchev–Trinajstić information content (AvgIpc) is 1.59. The summed E-state index contributed by atoms with van der Waals surface area (Å²) < 4.78 is 178. The molecule has 2 aromatic heterocycles. The van der Waals surface area contributed by atoms with Gasteiger partial charge in [0.1, 0.15) is 0 Å². The first kappa shape index (κ1) is 61.0. The molecule has 0 bridgehead atoms. The molecule has 93 heavy (non-hydrogen) atoms. The number of aromatic nitrogens is 2. The van der Waals surface area contributed by atoms with Gasteiger partial charge in [-0.2, -0.15) is 57.9 Å². The Morgan fingerprint density at radius 1 is 0.333 bits per heavy atom. The molecule has 4 nitrogen and oxygen atoms in total. The standard InChI is InChI=1S/C77H48F12N4/c1-41-7-18-58(66(29-41)76(84,85)86)50-13-27-70-64(38-50)62-36-48(55-21-15-52(31-43(55)3)74(78,79)80)11-25-69(62)92(70)68-24-10-47(57-23-17-54(91-6)33-45(57)5)35-61(68)60-20-9-46(40-90)34-73(60)93-71-26-12-49(56-22-16-53(32-44(56)4)75(81,82)83)37-63(71)65-39-51(14-28-72(65)93)59-19-8-42(2)30-67(59)77(87,88)89/h7-39H,1-5H3. The molecule has 0 fully saturated rings. The van der Waals surface area contributed by atoms with Crippen molar-refractivity contribution in [2.24, 2.45) is 0 Å². The molecule has 16 heteroatoms. The van der Waals surface area contributed by atoms with Crippen molar-refractivity contribution in [2.45, 2.75) is 59.3 Å². The van der Waals surface area contributed by atoms with Crippen LogP contribution in [0.3, 0.4) is 0 Å². The largest absolute Gasteiger partial charge is 0.417 e. The van der Waals surface area contributed by atoms with Crippen LogP contribution < -0.4 is 0 Å². The Labute approximate surface area is 524 Å². The molecule has 0 N–H and O–H groups in total. The summed E-state index contributed by atoms with van der Waals surface area (Å²) in [4.78, 5) is 3.64. The van der Waals surface area contributed by atoms with Crippen LogP contribution in [0.25, 0.3) is 127 Å².